The number of carbonyl (C=O) groups is 2. The maximum Gasteiger partial charge on any atom is 0.255 e. The van der Waals surface area contributed by atoms with Crippen molar-refractivity contribution in [1.82, 2.24) is 15.2 Å². The van der Waals surface area contributed by atoms with Crippen molar-refractivity contribution < 1.29 is 9.59 Å². The third-order valence-electron chi connectivity index (χ3n) is 5.02. The molecule has 1 aliphatic heterocycles. The molecule has 0 spiro atoms. The van der Waals surface area contributed by atoms with Crippen molar-refractivity contribution in [3.8, 4) is 0 Å². The summed E-state index contributed by atoms with van der Waals surface area (Å²) in [5, 5.41) is 4.49. The number of benzene rings is 2. The van der Waals surface area contributed by atoms with Crippen LogP contribution < -0.4 is 5.32 Å². The largest absolute Gasteiger partial charge is 0.361 e. The third-order valence-corrected chi connectivity index (χ3v) is 5.27. The van der Waals surface area contributed by atoms with E-state index in [-0.39, 0.29) is 11.8 Å². The molecule has 27 heavy (non-hydrogen) atoms. The summed E-state index contributed by atoms with van der Waals surface area (Å²) in [5.41, 5.74) is 2.52. The monoisotopic (exact) mass is 381 g/mol. The number of hydrogen-bond acceptors (Lipinski definition) is 2. The molecule has 0 aliphatic carbocycles. The molecule has 1 fully saturated rings. The zero-order chi connectivity index (χ0) is 18.8. The first-order valence-corrected chi connectivity index (χ1v) is 9.40. The van der Waals surface area contributed by atoms with Crippen molar-refractivity contribution in [3.05, 3.63) is 70.9 Å². The minimum atomic E-state index is -0.431. The summed E-state index contributed by atoms with van der Waals surface area (Å²) in [6, 6.07) is 14.4. The highest BCUT2D eigenvalue weighted by Crippen LogP contribution is 2.24. The smallest absolute Gasteiger partial charge is 0.255 e. The van der Waals surface area contributed by atoms with Crippen LogP contribution in [0.4, 0.5) is 0 Å². The minimum absolute atomic E-state index is 0.0932. The first-order chi connectivity index (χ1) is 13.1. The Balaban J connectivity index is 1.48. The first kappa shape index (κ1) is 17.6. The topological polar surface area (TPSA) is 65.2 Å². The average Bonchev–Trinajstić information content (AvgIpc) is 3.35. The van der Waals surface area contributed by atoms with Crippen molar-refractivity contribution in [2.75, 3.05) is 6.54 Å². The van der Waals surface area contributed by atoms with Gasteiger partial charge in [0.05, 0.1) is 0 Å². The predicted molar refractivity (Wildman–Crippen MR) is 106 cm³/mol. The van der Waals surface area contributed by atoms with Crippen LogP contribution in [0.15, 0.2) is 54.7 Å². The van der Waals surface area contributed by atoms with Crippen LogP contribution in [0.1, 0.15) is 28.8 Å². The number of H-pyrrole nitrogens is 1. The van der Waals surface area contributed by atoms with Crippen molar-refractivity contribution in [2.45, 2.75) is 25.4 Å². The van der Waals surface area contributed by atoms with E-state index in [2.05, 4.69) is 10.3 Å². The molecule has 3 aromatic rings. The van der Waals surface area contributed by atoms with E-state index in [1.807, 2.05) is 42.6 Å². The molecule has 138 valence electrons. The number of halogens is 1. The van der Waals surface area contributed by atoms with Crippen molar-refractivity contribution in [2.24, 2.45) is 0 Å². The molecule has 1 aliphatic rings. The Morgan fingerprint density at radius 3 is 2.78 bits per heavy atom. The van der Waals surface area contributed by atoms with Crippen LogP contribution in [0.25, 0.3) is 10.9 Å². The summed E-state index contributed by atoms with van der Waals surface area (Å²) >= 11 is 5.89. The van der Waals surface area contributed by atoms with E-state index < -0.39 is 6.04 Å². The Morgan fingerprint density at radius 1 is 1.15 bits per heavy atom. The molecule has 0 saturated carbocycles. The van der Waals surface area contributed by atoms with E-state index in [9.17, 15) is 9.59 Å². The van der Waals surface area contributed by atoms with Gasteiger partial charge < -0.3 is 15.2 Å². The number of likely N-dealkylation sites (tertiary alicyclic amines) is 1. The highest BCUT2D eigenvalue weighted by molar-refractivity contribution is 6.30. The number of nitrogens with one attached hydrogen (secondary N) is 2. The normalized spacial score (nSPS) is 16.6. The van der Waals surface area contributed by atoms with Crippen LogP contribution in [0.2, 0.25) is 5.02 Å². The SMILES string of the molecule is O=C(NCc1ccc(Cl)cc1)[C@@H]1CCCN1C(=O)c1cccc2[nH]ccc12. The maximum absolute atomic E-state index is 13.1. The average molecular weight is 382 g/mol. The van der Waals surface area contributed by atoms with Gasteiger partial charge in [0.2, 0.25) is 5.91 Å². The Morgan fingerprint density at radius 2 is 1.96 bits per heavy atom. The van der Waals surface area contributed by atoms with Gasteiger partial charge in [0.1, 0.15) is 6.04 Å². The van der Waals surface area contributed by atoms with Crippen LogP contribution in [0, 0.1) is 0 Å². The van der Waals surface area contributed by atoms with Gasteiger partial charge in [-0.3, -0.25) is 9.59 Å². The number of aromatic nitrogens is 1. The number of hydrogen-bond donors (Lipinski definition) is 2. The minimum Gasteiger partial charge on any atom is -0.361 e. The van der Waals surface area contributed by atoms with E-state index in [0.29, 0.717) is 30.1 Å². The van der Waals surface area contributed by atoms with Gasteiger partial charge in [-0.25, -0.2) is 0 Å². The number of aromatic amines is 1. The molecule has 1 saturated heterocycles. The summed E-state index contributed by atoms with van der Waals surface area (Å²) in [5.74, 6) is -0.207. The summed E-state index contributed by atoms with van der Waals surface area (Å²) in [4.78, 5) is 30.6. The van der Waals surface area contributed by atoms with E-state index in [1.54, 1.807) is 17.0 Å². The van der Waals surface area contributed by atoms with Gasteiger partial charge in [0.15, 0.2) is 0 Å². The van der Waals surface area contributed by atoms with Crippen molar-refractivity contribution in [3.63, 3.8) is 0 Å². The third kappa shape index (κ3) is 3.55. The molecule has 0 radical (unpaired) electrons. The van der Waals surface area contributed by atoms with E-state index in [0.717, 1.165) is 22.9 Å². The lowest BCUT2D eigenvalue weighted by Gasteiger charge is -2.24. The molecule has 5 nitrogen and oxygen atoms in total. The lowest BCUT2D eigenvalue weighted by atomic mass is 10.1. The molecule has 6 heteroatoms. The summed E-state index contributed by atoms with van der Waals surface area (Å²) < 4.78 is 0. The summed E-state index contributed by atoms with van der Waals surface area (Å²) in [7, 11) is 0. The molecule has 2 amide bonds. The summed E-state index contributed by atoms with van der Waals surface area (Å²) in [6.07, 6.45) is 3.33. The van der Waals surface area contributed by atoms with Gasteiger partial charge in [-0.15, -0.1) is 0 Å². The highest BCUT2D eigenvalue weighted by atomic mass is 35.5. The van der Waals surface area contributed by atoms with E-state index >= 15 is 0 Å². The zero-order valence-corrected chi connectivity index (χ0v) is 15.5. The van der Waals surface area contributed by atoms with Gasteiger partial charge in [-0.1, -0.05) is 29.8 Å². The molecule has 4 rings (SSSR count). The maximum atomic E-state index is 13.1. The van der Waals surface area contributed by atoms with Crippen LogP contribution in [0.3, 0.4) is 0 Å². The Labute approximate surface area is 162 Å². The zero-order valence-electron chi connectivity index (χ0n) is 14.7. The Bertz CT molecular complexity index is 981. The van der Waals surface area contributed by atoms with Crippen LogP contribution in [-0.4, -0.2) is 34.3 Å². The lowest BCUT2D eigenvalue weighted by molar-refractivity contribution is -0.125. The molecule has 2 N–H and O–H groups in total. The highest BCUT2D eigenvalue weighted by Gasteiger charge is 2.34. The fraction of sp³-hybridized carbons (Fsp3) is 0.238. The standard InChI is InChI=1S/C21H20ClN3O2/c22-15-8-6-14(7-9-15)13-24-20(26)19-5-2-12-25(19)21(27)17-3-1-4-18-16(17)10-11-23-18/h1,3-4,6-11,19,23H,2,5,12-13H2,(H,24,26)/t19-/m0/s1. The molecular weight excluding hydrogens is 362 g/mol. The molecule has 1 atom stereocenters. The molecular formula is C21H20ClN3O2. The van der Waals surface area contributed by atoms with Crippen LogP contribution in [-0.2, 0) is 11.3 Å². The Hall–Kier alpha value is -2.79. The fourth-order valence-electron chi connectivity index (χ4n) is 3.62. The van der Waals surface area contributed by atoms with Crippen molar-refractivity contribution >= 4 is 34.3 Å². The summed E-state index contributed by atoms with van der Waals surface area (Å²) in [6.45, 7) is 1.01. The number of carbonyl (C=O) groups excluding carboxylic acids is 2. The van der Waals surface area contributed by atoms with Crippen LogP contribution in [0.5, 0.6) is 0 Å². The fourth-order valence-corrected chi connectivity index (χ4v) is 3.74. The number of amides is 2. The quantitative estimate of drug-likeness (QED) is 0.723. The number of rotatable bonds is 4. The van der Waals surface area contributed by atoms with Gasteiger partial charge in [-0.05, 0) is 48.7 Å². The number of nitrogens with zero attached hydrogens (tertiary/aromatic N) is 1. The number of fused-ring (bicyclic) bond motifs is 1. The molecule has 1 aromatic heterocycles. The van der Waals surface area contributed by atoms with Gasteiger partial charge in [0, 0.05) is 40.8 Å². The lowest BCUT2D eigenvalue weighted by Crippen LogP contribution is -2.45. The first-order valence-electron chi connectivity index (χ1n) is 9.03. The second kappa shape index (κ2) is 7.45. The van der Waals surface area contributed by atoms with Gasteiger partial charge in [0.25, 0.3) is 5.91 Å². The van der Waals surface area contributed by atoms with Crippen molar-refractivity contribution in [1.29, 1.82) is 0 Å². The molecule has 2 heterocycles. The predicted octanol–water partition coefficient (Wildman–Crippen LogP) is 3.74. The second-order valence-corrected chi connectivity index (χ2v) is 7.18. The Kier molecular flexibility index (Phi) is 4.86. The van der Waals surface area contributed by atoms with Gasteiger partial charge >= 0.3 is 0 Å². The molecule has 0 bridgehead atoms. The second-order valence-electron chi connectivity index (χ2n) is 6.75. The molecule has 0 unspecified atom stereocenters. The molecule has 2 aromatic carbocycles. The van der Waals surface area contributed by atoms with E-state index in [4.69, 9.17) is 11.6 Å². The van der Waals surface area contributed by atoms with E-state index in [1.165, 1.54) is 0 Å². The van der Waals surface area contributed by atoms with Gasteiger partial charge in [-0.2, -0.15) is 0 Å². The van der Waals surface area contributed by atoms with Crippen LogP contribution >= 0.6 is 11.6 Å².